The lowest BCUT2D eigenvalue weighted by molar-refractivity contribution is -0.140. The fourth-order valence-corrected chi connectivity index (χ4v) is 4.04. The normalized spacial score (nSPS) is 18.0. The molecule has 1 fully saturated rings. The summed E-state index contributed by atoms with van der Waals surface area (Å²) in [6.45, 7) is 4.44. The molecule has 172 valence electrons. The van der Waals surface area contributed by atoms with Gasteiger partial charge in [0.1, 0.15) is 5.76 Å². The second-order valence-corrected chi connectivity index (χ2v) is 8.08. The Bertz CT molecular complexity index is 1090. The highest BCUT2D eigenvalue weighted by Gasteiger charge is 2.46. The Hall–Kier alpha value is -3.33. The minimum absolute atomic E-state index is 0.0418. The van der Waals surface area contributed by atoms with Gasteiger partial charge in [0.2, 0.25) is 0 Å². The van der Waals surface area contributed by atoms with Gasteiger partial charge >= 0.3 is 0 Å². The molecule has 0 spiro atoms. The molecule has 32 heavy (non-hydrogen) atoms. The summed E-state index contributed by atoms with van der Waals surface area (Å²) in [7, 11) is 8.61. The lowest BCUT2D eigenvalue weighted by Crippen LogP contribution is -2.35. The van der Waals surface area contributed by atoms with Crippen molar-refractivity contribution in [1.82, 2.24) is 19.6 Å². The van der Waals surface area contributed by atoms with Crippen LogP contribution in [0.4, 0.5) is 0 Å². The lowest BCUT2D eigenvalue weighted by atomic mass is 9.94. The molecule has 1 saturated heterocycles. The third-order valence-electron chi connectivity index (χ3n) is 5.80. The quantitative estimate of drug-likeness (QED) is 0.398. The van der Waals surface area contributed by atoms with E-state index in [1.54, 1.807) is 36.9 Å². The highest BCUT2D eigenvalue weighted by atomic mass is 16.5. The molecular weight excluding hydrogens is 412 g/mol. The largest absolute Gasteiger partial charge is 0.507 e. The number of carbonyl (C=O) groups excluding carboxylic acids is 2. The second kappa shape index (κ2) is 9.04. The second-order valence-electron chi connectivity index (χ2n) is 8.08. The summed E-state index contributed by atoms with van der Waals surface area (Å²) in [5.41, 5.74) is 2.42. The zero-order valence-electron chi connectivity index (χ0n) is 19.6. The highest BCUT2D eigenvalue weighted by molar-refractivity contribution is 6.46. The van der Waals surface area contributed by atoms with Gasteiger partial charge in [0.25, 0.3) is 11.7 Å². The molecule has 3 rings (SSSR count). The minimum Gasteiger partial charge on any atom is -0.507 e. The maximum Gasteiger partial charge on any atom is 0.295 e. The first kappa shape index (κ1) is 23.3. The Labute approximate surface area is 187 Å². The molecule has 9 heteroatoms. The van der Waals surface area contributed by atoms with Crippen LogP contribution in [0.3, 0.4) is 0 Å². The number of likely N-dealkylation sites (N-methyl/N-ethyl adjacent to an activating group) is 1. The minimum atomic E-state index is -0.770. The fourth-order valence-electron chi connectivity index (χ4n) is 4.04. The van der Waals surface area contributed by atoms with Crippen LogP contribution < -0.4 is 9.47 Å². The lowest BCUT2D eigenvalue weighted by Gasteiger charge is -2.27. The van der Waals surface area contributed by atoms with Crippen molar-refractivity contribution in [3.63, 3.8) is 0 Å². The number of aryl methyl sites for hydroxylation is 2. The number of Topliss-reactive ketones (excluding diaryl/α,β-unsaturated/α-hetero) is 1. The molecule has 1 atom stereocenters. The van der Waals surface area contributed by atoms with Crippen LogP contribution in [0.1, 0.15) is 28.6 Å². The van der Waals surface area contributed by atoms with Crippen LogP contribution in [0.2, 0.25) is 0 Å². The average Bonchev–Trinajstić information content (AvgIpc) is 3.16. The Kier molecular flexibility index (Phi) is 6.59. The van der Waals surface area contributed by atoms with Crippen LogP contribution in [-0.4, -0.2) is 77.8 Å². The van der Waals surface area contributed by atoms with Crippen LogP contribution in [-0.2, 0) is 16.6 Å². The molecule has 1 aliphatic heterocycles. The maximum atomic E-state index is 13.2. The number of ketones is 1. The number of carbonyl (C=O) groups is 2. The summed E-state index contributed by atoms with van der Waals surface area (Å²) in [5.74, 6) is -0.591. The molecule has 1 aromatic carbocycles. The molecular formula is C23H30N4O5. The van der Waals surface area contributed by atoms with Gasteiger partial charge in [0.05, 0.1) is 37.1 Å². The van der Waals surface area contributed by atoms with Crippen molar-refractivity contribution in [3.8, 4) is 11.5 Å². The first-order chi connectivity index (χ1) is 15.1. The number of aliphatic hydroxyl groups is 1. The Morgan fingerprint density at radius 2 is 1.81 bits per heavy atom. The van der Waals surface area contributed by atoms with E-state index in [-0.39, 0.29) is 11.3 Å². The van der Waals surface area contributed by atoms with Crippen molar-refractivity contribution in [2.24, 2.45) is 7.05 Å². The number of hydrogen-bond donors (Lipinski definition) is 1. The summed E-state index contributed by atoms with van der Waals surface area (Å²) >= 11 is 0. The zero-order valence-corrected chi connectivity index (χ0v) is 19.6. The first-order valence-electron chi connectivity index (χ1n) is 10.3. The number of methoxy groups -OCH3 is 2. The zero-order chi connectivity index (χ0) is 23.7. The predicted molar refractivity (Wildman–Crippen MR) is 120 cm³/mol. The molecule has 0 saturated carbocycles. The standard InChI is InChI=1S/C23H30N4O5/c1-13-18(14(2)26(5)24-13)21(28)19-20(15-8-9-16(31-6)17(12-15)32-7)27(11-10-25(3)4)23(30)22(19)29/h8-9,12,20,28H,10-11H2,1-7H3/t20-/m1/s1. The van der Waals surface area contributed by atoms with Gasteiger partial charge in [-0.05, 0) is 45.6 Å². The van der Waals surface area contributed by atoms with Crippen molar-refractivity contribution in [3.05, 3.63) is 46.3 Å². The number of likely N-dealkylation sites (tertiary alicyclic amines) is 1. The maximum absolute atomic E-state index is 13.2. The number of aliphatic hydroxyl groups excluding tert-OH is 1. The van der Waals surface area contributed by atoms with Crippen LogP contribution in [0.5, 0.6) is 11.5 Å². The van der Waals surface area contributed by atoms with Crippen molar-refractivity contribution in [2.75, 3.05) is 41.4 Å². The van der Waals surface area contributed by atoms with E-state index >= 15 is 0 Å². The topological polar surface area (TPSA) is 97.1 Å². The molecule has 0 unspecified atom stereocenters. The van der Waals surface area contributed by atoms with Gasteiger partial charge in [-0.15, -0.1) is 0 Å². The highest BCUT2D eigenvalue weighted by Crippen LogP contribution is 2.42. The van der Waals surface area contributed by atoms with E-state index in [2.05, 4.69) is 5.10 Å². The van der Waals surface area contributed by atoms with E-state index in [9.17, 15) is 14.7 Å². The van der Waals surface area contributed by atoms with E-state index in [0.29, 0.717) is 47.1 Å². The van der Waals surface area contributed by atoms with E-state index in [1.165, 1.54) is 19.1 Å². The molecule has 1 aliphatic rings. The van der Waals surface area contributed by atoms with Gasteiger partial charge in [-0.2, -0.15) is 5.10 Å². The van der Waals surface area contributed by atoms with Crippen LogP contribution in [0.15, 0.2) is 23.8 Å². The molecule has 0 bridgehead atoms. The number of ether oxygens (including phenoxy) is 2. The van der Waals surface area contributed by atoms with Crippen LogP contribution in [0.25, 0.3) is 5.76 Å². The fraction of sp³-hybridized carbons (Fsp3) is 0.435. The molecule has 1 N–H and O–H groups in total. The SMILES string of the molecule is COc1ccc([C@@H]2C(=C(O)c3c(C)nn(C)c3C)C(=O)C(=O)N2CCN(C)C)cc1OC. The van der Waals surface area contributed by atoms with E-state index in [0.717, 1.165) is 0 Å². The number of rotatable bonds is 7. The number of aromatic nitrogens is 2. The van der Waals surface area contributed by atoms with Crippen LogP contribution in [0, 0.1) is 13.8 Å². The van der Waals surface area contributed by atoms with E-state index in [1.807, 2.05) is 25.9 Å². The third kappa shape index (κ3) is 3.95. The summed E-state index contributed by atoms with van der Waals surface area (Å²) in [5, 5.41) is 15.6. The molecule has 9 nitrogen and oxygen atoms in total. The Morgan fingerprint density at radius 3 is 2.34 bits per heavy atom. The molecule has 0 aliphatic carbocycles. The molecule has 1 amide bonds. The van der Waals surface area contributed by atoms with Gasteiger partial charge in [-0.25, -0.2) is 0 Å². The Balaban J connectivity index is 2.24. The summed E-state index contributed by atoms with van der Waals surface area (Å²) < 4.78 is 12.4. The van der Waals surface area contributed by atoms with Gasteiger partial charge in [-0.3, -0.25) is 14.3 Å². The molecule has 2 aromatic rings. The molecule has 1 aromatic heterocycles. The Morgan fingerprint density at radius 1 is 1.16 bits per heavy atom. The van der Waals surface area contributed by atoms with Gasteiger partial charge in [-0.1, -0.05) is 6.07 Å². The average molecular weight is 443 g/mol. The van der Waals surface area contributed by atoms with Crippen molar-refractivity contribution >= 4 is 17.4 Å². The summed E-state index contributed by atoms with van der Waals surface area (Å²) in [6, 6.07) is 4.46. The number of benzene rings is 1. The summed E-state index contributed by atoms with van der Waals surface area (Å²) in [6.07, 6.45) is 0. The predicted octanol–water partition coefficient (Wildman–Crippen LogP) is 2.04. The van der Waals surface area contributed by atoms with Crippen molar-refractivity contribution in [1.29, 1.82) is 0 Å². The summed E-state index contributed by atoms with van der Waals surface area (Å²) in [4.78, 5) is 29.6. The number of hydrogen-bond acceptors (Lipinski definition) is 7. The molecule has 2 heterocycles. The first-order valence-corrected chi connectivity index (χ1v) is 10.3. The third-order valence-corrected chi connectivity index (χ3v) is 5.80. The monoisotopic (exact) mass is 442 g/mol. The molecule has 0 radical (unpaired) electrons. The van der Waals surface area contributed by atoms with Gasteiger partial charge in [0.15, 0.2) is 11.5 Å². The van der Waals surface area contributed by atoms with E-state index < -0.39 is 17.7 Å². The number of amides is 1. The van der Waals surface area contributed by atoms with Crippen LogP contribution >= 0.6 is 0 Å². The van der Waals surface area contributed by atoms with Crippen molar-refractivity contribution < 1.29 is 24.2 Å². The van der Waals surface area contributed by atoms with Gasteiger partial charge in [0, 0.05) is 25.8 Å². The number of nitrogens with zero attached hydrogens (tertiary/aromatic N) is 4. The smallest absolute Gasteiger partial charge is 0.295 e. The van der Waals surface area contributed by atoms with E-state index in [4.69, 9.17) is 9.47 Å². The van der Waals surface area contributed by atoms with Gasteiger partial charge < -0.3 is 24.4 Å². The van der Waals surface area contributed by atoms with Crippen molar-refractivity contribution in [2.45, 2.75) is 19.9 Å².